The van der Waals surface area contributed by atoms with Crippen LogP contribution in [0.25, 0.3) is 11.3 Å². The fourth-order valence-corrected chi connectivity index (χ4v) is 3.95. The maximum atomic E-state index is 12.8. The van der Waals surface area contributed by atoms with Crippen LogP contribution in [0.3, 0.4) is 0 Å². The van der Waals surface area contributed by atoms with Gasteiger partial charge in [-0.05, 0) is 62.6 Å². The van der Waals surface area contributed by atoms with Crippen molar-refractivity contribution in [3.8, 4) is 11.3 Å². The molecule has 6 heteroatoms. The number of benzene rings is 2. The van der Waals surface area contributed by atoms with Crippen molar-refractivity contribution in [2.24, 2.45) is 5.92 Å². The zero-order valence-corrected chi connectivity index (χ0v) is 18.0. The van der Waals surface area contributed by atoms with Gasteiger partial charge in [-0.15, -0.1) is 10.2 Å². The van der Waals surface area contributed by atoms with Crippen molar-refractivity contribution in [3.05, 3.63) is 70.7 Å². The van der Waals surface area contributed by atoms with Crippen LogP contribution in [-0.2, 0) is 4.79 Å². The molecule has 2 aromatic carbocycles. The van der Waals surface area contributed by atoms with Crippen molar-refractivity contribution >= 4 is 29.0 Å². The maximum Gasteiger partial charge on any atom is 0.229 e. The van der Waals surface area contributed by atoms with Crippen LogP contribution >= 0.6 is 11.6 Å². The lowest BCUT2D eigenvalue weighted by atomic mass is 9.97. The van der Waals surface area contributed by atoms with E-state index in [2.05, 4.69) is 39.5 Å². The van der Waals surface area contributed by atoms with Crippen molar-refractivity contribution in [2.45, 2.75) is 26.7 Å². The molecule has 1 aliphatic heterocycles. The second kappa shape index (κ2) is 8.84. The number of carbonyl (C=O) groups excluding carboxylic acids is 1. The van der Waals surface area contributed by atoms with E-state index in [1.165, 1.54) is 5.56 Å². The van der Waals surface area contributed by atoms with Crippen molar-refractivity contribution < 1.29 is 4.79 Å². The molecule has 0 spiro atoms. The average Bonchev–Trinajstić information content (AvgIpc) is 2.76. The third-order valence-corrected chi connectivity index (χ3v) is 5.93. The quantitative estimate of drug-likeness (QED) is 0.624. The molecule has 1 atom stereocenters. The van der Waals surface area contributed by atoms with E-state index < -0.39 is 0 Å². The summed E-state index contributed by atoms with van der Waals surface area (Å²) in [5, 5.41) is 12.5. The van der Waals surface area contributed by atoms with Crippen molar-refractivity contribution in [1.29, 1.82) is 0 Å². The summed E-state index contributed by atoms with van der Waals surface area (Å²) in [5.41, 5.74) is 4.83. The van der Waals surface area contributed by atoms with Gasteiger partial charge in [-0.1, -0.05) is 41.4 Å². The Kier molecular flexibility index (Phi) is 6.00. The third-order valence-electron chi connectivity index (χ3n) is 5.52. The first-order chi connectivity index (χ1) is 14.5. The number of rotatable bonds is 4. The van der Waals surface area contributed by atoms with E-state index in [4.69, 9.17) is 11.6 Å². The Morgan fingerprint density at radius 2 is 1.97 bits per heavy atom. The van der Waals surface area contributed by atoms with Crippen LogP contribution in [0.5, 0.6) is 0 Å². The van der Waals surface area contributed by atoms with Crippen LogP contribution in [0.2, 0.25) is 5.02 Å². The Labute approximate surface area is 182 Å². The molecule has 1 amide bonds. The topological polar surface area (TPSA) is 58.1 Å². The minimum absolute atomic E-state index is 0.0176. The van der Waals surface area contributed by atoms with Gasteiger partial charge in [0.15, 0.2) is 5.82 Å². The average molecular weight is 421 g/mol. The molecule has 5 nitrogen and oxygen atoms in total. The first kappa shape index (κ1) is 20.4. The molecule has 0 radical (unpaired) electrons. The number of hydrogen-bond acceptors (Lipinski definition) is 4. The lowest BCUT2D eigenvalue weighted by Gasteiger charge is -2.32. The van der Waals surface area contributed by atoms with Crippen LogP contribution in [0.4, 0.5) is 11.5 Å². The summed E-state index contributed by atoms with van der Waals surface area (Å²) in [6.07, 6.45) is 1.80. The van der Waals surface area contributed by atoms with Crippen molar-refractivity contribution in [1.82, 2.24) is 10.2 Å². The molecule has 0 saturated carbocycles. The molecule has 4 rings (SSSR count). The van der Waals surface area contributed by atoms with E-state index in [-0.39, 0.29) is 11.8 Å². The van der Waals surface area contributed by atoms with Crippen molar-refractivity contribution in [2.75, 3.05) is 23.3 Å². The Hall–Kier alpha value is -2.92. The molecular formula is C24H25ClN4O. The highest BCUT2D eigenvalue weighted by molar-refractivity contribution is 6.31. The summed E-state index contributed by atoms with van der Waals surface area (Å²) >= 11 is 6.18. The molecule has 1 saturated heterocycles. The zero-order chi connectivity index (χ0) is 21.1. The third kappa shape index (κ3) is 4.62. The molecular weight excluding hydrogens is 396 g/mol. The highest BCUT2D eigenvalue weighted by atomic mass is 35.5. The van der Waals surface area contributed by atoms with Crippen LogP contribution in [0, 0.1) is 19.8 Å². The van der Waals surface area contributed by atoms with Gasteiger partial charge in [0.1, 0.15) is 0 Å². The van der Waals surface area contributed by atoms with Crippen LogP contribution in [0.1, 0.15) is 24.0 Å². The molecule has 1 fully saturated rings. The highest BCUT2D eigenvalue weighted by Gasteiger charge is 2.27. The minimum Gasteiger partial charge on any atom is -0.354 e. The summed E-state index contributed by atoms with van der Waals surface area (Å²) in [4.78, 5) is 14.9. The first-order valence-electron chi connectivity index (χ1n) is 10.2. The normalized spacial score (nSPS) is 16.4. The predicted octanol–water partition coefficient (Wildman–Crippen LogP) is 5.27. The zero-order valence-electron chi connectivity index (χ0n) is 17.2. The van der Waals surface area contributed by atoms with Gasteiger partial charge in [-0.2, -0.15) is 0 Å². The van der Waals surface area contributed by atoms with Crippen molar-refractivity contribution in [3.63, 3.8) is 0 Å². The molecule has 2 heterocycles. The molecule has 154 valence electrons. The summed E-state index contributed by atoms with van der Waals surface area (Å²) in [7, 11) is 0. The molecule has 3 aromatic rings. The number of anilines is 2. The molecule has 1 unspecified atom stereocenters. The van der Waals surface area contributed by atoms with Crippen LogP contribution in [-0.4, -0.2) is 29.2 Å². The monoisotopic (exact) mass is 420 g/mol. The van der Waals surface area contributed by atoms with Gasteiger partial charge in [-0.3, -0.25) is 4.79 Å². The van der Waals surface area contributed by atoms with Gasteiger partial charge in [0.2, 0.25) is 5.91 Å². The fourth-order valence-electron chi connectivity index (χ4n) is 3.77. The van der Waals surface area contributed by atoms with Crippen LogP contribution < -0.4 is 10.2 Å². The van der Waals surface area contributed by atoms with E-state index >= 15 is 0 Å². The largest absolute Gasteiger partial charge is 0.354 e. The Bertz CT molecular complexity index is 1050. The second-order valence-electron chi connectivity index (χ2n) is 7.88. The van der Waals surface area contributed by atoms with Gasteiger partial charge in [0, 0.05) is 29.4 Å². The summed E-state index contributed by atoms with van der Waals surface area (Å²) < 4.78 is 0. The summed E-state index contributed by atoms with van der Waals surface area (Å²) in [5.74, 6) is 0.725. The number of aryl methyl sites for hydroxylation is 2. The van der Waals surface area contributed by atoms with Gasteiger partial charge in [0.05, 0.1) is 11.6 Å². The minimum atomic E-state index is -0.0999. The molecule has 30 heavy (non-hydrogen) atoms. The number of amides is 1. The molecule has 0 aliphatic carbocycles. The standard InChI is InChI=1S/C24H25ClN4O/c1-16-5-3-6-18(13-16)22-10-11-23(28-27-22)29-12-4-7-19(15-29)24(30)26-20-9-8-17(2)21(25)14-20/h3,5-6,8-11,13-14,19H,4,7,12,15H2,1-2H3,(H,26,30). The molecule has 1 aromatic heterocycles. The lowest BCUT2D eigenvalue weighted by molar-refractivity contribution is -0.120. The van der Waals surface area contributed by atoms with E-state index in [1.807, 2.05) is 43.3 Å². The first-order valence-corrected chi connectivity index (χ1v) is 10.6. The maximum absolute atomic E-state index is 12.8. The highest BCUT2D eigenvalue weighted by Crippen LogP contribution is 2.26. The fraction of sp³-hybridized carbons (Fsp3) is 0.292. The Morgan fingerprint density at radius 1 is 1.10 bits per heavy atom. The number of carbonyl (C=O) groups is 1. The molecule has 1 aliphatic rings. The lowest BCUT2D eigenvalue weighted by Crippen LogP contribution is -2.41. The smallest absolute Gasteiger partial charge is 0.229 e. The Morgan fingerprint density at radius 3 is 2.70 bits per heavy atom. The van der Waals surface area contributed by atoms with Gasteiger partial charge >= 0.3 is 0 Å². The number of piperidine rings is 1. The summed E-state index contributed by atoms with van der Waals surface area (Å²) in [6.45, 7) is 5.51. The summed E-state index contributed by atoms with van der Waals surface area (Å²) in [6, 6.07) is 17.8. The van der Waals surface area contributed by atoms with Gasteiger partial charge < -0.3 is 10.2 Å². The molecule has 0 bridgehead atoms. The second-order valence-corrected chi connectivity index (χ2v) is 8.29. The SMILES string of the molecule is Cc1cccc(-c2ccc(N3CCCC(C(=O)Nc4ccc(C)c(Cl)c4)C3)nn2)c1. The van der Waals surface area contributed by atoms with Crippen LogP contribution in [0.15, 0.2) is 54.6 Å². The predicted molar refractivity (Wildman–Crippen MR) is 122 cm³/mol. The van der Waals surface area contributed by atoms with Gasteiger partial charge in [0.25, 0.3) is 0 Å². The van der Waals surface area contributed by atoms with E-state index in [9.17, 15) is 4.79 Å². The molecule has 1 N–H and O–H groups in total. The number of hydrogen-bond donors (Lipinski definition) is 1. The van der Waals surface area contributed by atoms with E-state index in [0.29, 0.717) is 11.6 Å². The number of nitrogens with zero attached hydrogens (tertiary/aromatic N) is 3. The number of nitrogens with one attached hydrogen (secondary N) is 1. The number of aromatic nitrogens is 2. The Balaban J connectivity index is 1.43. The van der Waals surface area contributed by atoms with E-state index in [1.54, 1.807) is 6.07 Å². The van der Waals surface area contributed by atoms with E-state index in [0.717, 1.165) is 47.7 Å². The van der Waals surface area contributed by atoms with Gasteiger partial charge in [-0.25, -0.2) is 0 Å². The number of halogens is 1.